The molecule has 2 rings (SSSR count). The van der Waals surface area contributed by atoms with E-state index in [1.807, 2.05) is 26.0 Å². The zero-order valence-electron chi connectivity index (χ0n) is 11.6. The number of anilines is 2. The Morgan fingerprint density at radius 1 is 1.40 bits per heavy atom. The molecular weight excluding hydrogens is 256 g/mol. The number of ether oxygens (including phenoxy) is 1. The molecule has 1 aromatic heterocycles. The SMILES string of the molecule is CCOc1ccccc1NC(=O)c1nn(CC)cc1N. The normalized spacial score (nSPS) is 10.3. The summed E-state index contributed by atoms with van der Waals surface area (Å²) in [5.41, 5.74) is 6.97. The van der Waals surface area contributed by atoms with E-state index in [0.29, 0.717) is 30.3 Å². The standard InChI is InChI=1S/C14H18N4O2/c1-3-18-9-10(15)13(17-18)14(19)16-11-7-5-6-8-12(11)20-4-2/h5-9H,3-4,15H2,1-2H3,(H,16,19). The molecule has 1 heterocycles. The first-order chi connectivity index (χ1) is 9.65. The van der Waals surface area contributed by atoms with Gasteiger partial charge < -0.3 is 15.8 Å². The number of carbonyl (C=O) groups excluding carboxylic acids is 1. The second-order valence-electron chi connectivity index (χ2n) is 4.17. The molecule has 0 unspecified atom stereocenters. The number of aromatic nitrogens is 2. The summed E-state index contributed by atoms with van der Waals surface area (Å²) in [6.07, 6.45) is 1.64. The molecule has 0 spiro atoms. The first-order valence-corrected chi connectivity index (χ1v) is 6.51. The highest BCUT2D eigenvalue weighted by Crippen LogP contribution is 2.24. The lowest BCUT2D eigenvalue weighted by Crippen LogP contribution is -2.15. The third-order valence-electron chi connectivity index (χ3n) is 2.76. The topological polar surface area (TPSA) is 82.2 Å². The monoisotopic (exact) mass is 274 g/mol. The van der Waals surface area contributed by atoms with Crippen molar-refractivity contribution >= 4 is 17.3 Å². The van der Waals surface area contributed by atoms with Crippen molar-refractivity contribution in [1.82, 2.24) is 9.78 Å². The van der Waals surface area contributed by atoms with Crippen molar-refractivity contribution in [2.24, 2.45) is 0 Å². The predicted octanol–water partition coefficient (Wildman–Crippen LogP) is 2.14. The second kappa shape index (κ2) is 6.10. The van der Waals surface area contributed by atoms with Gasteiger partial charge in [0, 0.05) is 12.7 Å². The molecule has 0 fully saturated rings. The predicted molar refractivity (Wildman–Crippen MR) is 77.9 cm³/mol. The van der Waals surface area contributed by atoms with Gasteiger partial charge in [0.2, 0.25) is 0 Å². The van der Waals surface area contributed by atoms with Gasteiger partial charge in [0.15, 0.2) is 5.69 Å². The van der Waals surface area contributed by atoms with Gasteiger partial charge in [-0.25, -0.2) is 0 Å². The van der Waals surface area contributed by atoms with E-state index < -0.39 is 0 Å². The minimum Gasteiger partial charge on any atom is -0.492 e. The largest absolute Gasteiger partial charge is 0.492 e. The lowest BCUT2D eigenvalue weighted by molar-refractivity contribution is 0.102. The van der Waals surface area contributed by atoms with Crippen molar-refractivity contribution in [3.05, 3.63) is 36.2 Å². The number of para-hydroxylation sites is 2. The Morgan fingerprint density at radius 3 is 2.80 bits per heavy atom. The molecule has 0 aliphatic heterocycles. The Bertz CT molecular complexity index is 607. The molecule has 0 radical (unpaired) electrons. The Balaban J connectivity index is 2.21. The van der Waals surface area contributed by atoms with Crippen molar-refractivity contribution in [3.63, 3.8) is 0 Å². The van der Waals surface area contributed by atoms with Crippen LogP contribution in [-0.4, -0.2) is 22.3 Å². The molecular formula is C14H18N4O2. The molecule has 1 aromatic carbocycles. The van der Waals surface area contributed by atoms with Crippen LogP contribution in [0.4, 0.5) is 11.4 Å². The first kappa shape index (κ1) is 13.9. The summed E-state index contributed by atoms with van der Waals surface area (Å²) in [7, 11) is 0. The Morgan fingerprint density at radius 2 is 2.15 bits per heavy atom. The van der Waals surface area contributed by atoms with Crippen LogP contribution in [0.3, 0.4) is 0 Å². The van der Waals surface area contributed by atoms with Gasteiger partial charge in [-0.15, -0.1) is 0 Å². The summed E-state index contributed by atoms with van der Waals surface area (Å²) in [6, 6.07) is 7.25. The number of nitrogens with two attached hydrogens (primary N) is 1. The van der Waals surface area contributed by atoms with Crippen LogP contribution in [0, 0.1) is 0 Å². The highest BCUT2D eigenvalue weighted by molar-refractivity contribution is 6.06. The van der Waals surface area contributed by atoms with E-state index in [0.717, 1.165) is 0 Å². The van der Waals surface area contributed by atoms with Crippen LogP contribution in [-0.2, 0) is 6.54 Å². The maximum Gasteiger partial charge on any atom is 0.278 e. The van der Waals surface area contributed by atoms with E-state index in [1.54, 1.807) is 23.0 Å². The van der Waals surface area contributed by atoms with Gasteiger partial charge in [-0.1, -0.05) is 12.1 Å². The summed E-state index contributed by atoms with van der Waals surface area (Å²) in [5.74, 6) is 0.277. The average molecular weight is 274 g/mol. The fourth-order valence-electron chi connectivity index (χ4n) is 1.81. The zero-order valence-corrected chi connectivity index (χ0v) is 11.6. The van der Waals surface area contributed by atoms with Crippen LogP contribution in [0.1, 0.15) is 24.3 Å². The smallest absolute Gasteiger partial charge is 0.278 e. The third kappa shape index (κ3) is 2.90. The van der Waals surface area contributed by atoms with Crippen molar-refractivity contribution in [2.75, 3.05) is 17.7 Å². The van der Waals surface area contributed by atoms with Crippen LogP contribution in [0.25, 0.3) is 0 Å². The minimum atomic E-state index is -0.346. The zero-order chi connectivity index (χ0) is 14.5. The van der Waals surface area contributed by atoms with E-state index in [9.17, 15) is 4.79 Å². The van der Waals surface area contributed by atoms with Crippen LogP contribution in [0.15, 0.2) is 30.5 Å². The van der Waals surface area contributed by atoms with Gasteiger partial charge >= 0.3 is 0 Å². The fourth-order valence-corrected chi connectivity index (χ4v) is 1.81. The van der Waals surface area contributed by atoms with Crippen molar-refractivity contribution in [1.29, 1.82) is 0 Å². The molecule has 0 bridgehead atoms. The maximum atomic E-state index is 12.2. The molecule has 2 aromatic rings. The summed E-state index contributed by atoms with van der Waals surface area (Å²) < 4.78 is 7.08. The molecule has 0 saturated heterocycles. The summed E-state index contributed by atoms with van der Waals surface area (Å²) >= 11 is 0. The third-order valence-corrected chi connectivity index (χ3v) is 2.76. The number of nitrogen functional groups attached to an aromatic ring is 1. The van der Waals surface area contributed by atoms with Gasteiger partial charge in [-0.3, -0.25) is 9.48 Å². The number of hydrogen-bond acceptors (Lipinski definition) is 4. The fraction of sp³-hybridized carbons (Fsp3) is 0.286. The molecule has 20 heavy (non-hydrogen) atoms. The average Bonchev–Trinajstić information content (AvgIpc) is 2.82. The van der Waals surface area contributed by atoms with Gasteiger partial charge in [0.1, 0.15) is 5.75 Å². The van der Waals surface area contributed by atoms with Gasteiger partial charge in [-0.05, 0) is 26.0 Å². The lowest BCUT2D eigenvalue weighted by atomic mass is 10.2. The number of aryl methyl sites for hydroxylation is 1. The minimum absolute atomic E-state index is 0.221. The molecule has 1 amide bonds. The van der Waals surface area contributed by atoms with Crippen molar-refractivity contribution < 1.29 is 9.53 Å². The molecule has 6 nitrogen and oxygen atoms in total. The number of amides is 1. The van der Waals surface area contributed by atoms with Gasteiger partial charge in [0.25, 0.3) is 5.91 Å². The number of hydrogen-bond donors (Lipinski definition) is 2. The van der Waals surface area contributed by atoms with E-state index in [1.165, 1.54) is 0 Å². The number of nitrogens with zero attached hydrogens (tertiary/aromatic N) is 2. The van der Waals surface area contributed by atoms with E-state index in [4.69, 9.17) is 10.5 Å². The molecule has 0 aliphatic rings. The number of rotatable bonds is 5. The number of nitrogens with one attached hydrogen (secondary N) is 1. The van der Waals surface area contributed by atoms with Crippen LogP contribution in [0.2, 0.25) is 0 Å². The summed E-state index contributed by atoms with van der Waals surface area (Å²) in [5, 5.41) is 6.91. The van der Waals surface area contributed by atoms with Crippen molar-refractivity contribution in [3.8, 4) is 5.75 Å². The van der Waals surface area contributed by atoms with Gasteiger partial charge in [-0.2, -0.15) is 5.10 Å². The second-order valence-corrected chi connectivity index (χ2v) is 4.17. The summed E-state index contributed by atoms with van der Waals surface area (Å²) in [6.45, 7) is 5.00. The molecule has 3 N–H and O–H groups in total. The van der Waals surface area contributed by atoms with E-state index >= 15 is 0 Å². The highest BCUT2D eigenvalue weighted by atomic mass is 16.5. The number of carbonyl (C=O) groups is 1. The van der Waals surface area contributed by atoms with Crippen LogP contribution < -0.4 is 15.8 Å². The lowest BCUT2D eigenvalue weighted by Gasteiger charge is -2.10. The van der Waals surface area contributed by atoms with E-state index in [-0.39, 0.29) is 11.6 Å². The Kier molecular flexibility index (Phi) is 4.24. The van der Waals surface area contributed by atoms with Gasteiger partial charge in [0.05, 0.1) is 18.0 Å². The molecule has 0 saturated carbocycles. The quantitative estimate of drug-likeness (QED) is 0.875. The molecule has 106 valence electrons. The highest BCUT2D eigenvalue weighted by Gasteiger charge is 2.16. The van der Waals surface area contributed by atoms with Crippen LogP contribution >= 0.6 is 0 Å². The Hall–Kier alpha value is -2.50. The number of benzene rings is 1. The summed E-state index contributed by atoms with van der Waals surface area (Å²) in [4.78, 5) is 12.2. The Labute approximate surface area is 117 Å². The molecule has 0 atom stereocenters. The molecule has 0 aliphatic carbocycles. The first-order valence-electron chi connectivity index (χ1n) is 6.51. The maximum absolute atomic E-state index is 12.2. The van der Waals surface area contributed by atoms with Crippen LogP contribution in [0.5, 0.6) is 5.75 Å². The van der Waals surface area contributed by atoms with Crippen molar-refractivity contribution in [2.45, 2.75) is 20.4 Å². The van der Waals surface area contributed by atoms with E-state index in [2.05, 4.69) is 10.4 Å². The molecule has 6 heteroatoms.